The first-order chi connectivity index (χ1) is 12.8. The zero-order chi connectivity index (χ0) is 20.0. The van der Waals surface area contributed by atoms with Crippen LogP contribution in [0.25, 0.3) is 22.2 Å². The second kappa shape index (κ2) is 8.87. The van der Waals surface area contributed by atoms with Crippen LogP contribution in [0.4, 0.5) is 10.5 Å². The molecule has 0 bridgehead atoms. The summed E-state index contributed by atoms with van der Waals surface area (Å²) in [7, 11) is 0. The fourth-order valence-corrected chi connectivity index (χ4v) is 2.69. The number of pyridine rings is 1. The Morgan fingerprint density at radius 1 is 1.04 bits per heavy atom. The topological polar surface area (TPSA) is 51.2 Å². The number of fused-ring (bicyclic) bond motifs is 1. The van der Waals surface area contributed by atoms with Gasteiger partial charge in [-0.05, 0) is 45.0 Å². The maximum atomic E-state index is 11.8. The van der Waals surface area contributed by atoms with Crippen LogP contribution in [0, 0.1) is 0 Å². The van der Waals surface area contributed by atoms with Gasteiger partial charge in [-0.2, -0.15) is 0 Å². The van der Waals surface area contributed by atoms with Crippen molar-refractivity contribution in [3.63, 3.8) is 0 Å². The third-order valence-electron chi connectivity index (χ3n) is 3.49. The molecule has 0 aliphatic carbocycles. The summed E-state index contributed by atoms with van der Waals surface area (Å²) >= 11 is 6.36. The average molecular weight is 385 g/mol. The number of halogens is 1. The molecule has 3 rings (SSSR count). The fraction of sp³-hybridized carbons (Fsp3) is 0.273. The SMILES string of the molecule is CC.CC(C)(C)OC(=O)Nc1ccc(-c2cc(Cl)c3ccccc3n2)cc1. The molecule has 0 radical (unpaired) electrons. The van der Waals surface area contributed by atoms with Gasteiger partial charge in [-0.1, -0.05) is 55.8 Å². The molecule has 1 N–H and O–H groups in total. The van der Waals surface area contributed by atoms with Gasteiger partial charge in [-0.25, -0.2) is 9.78 Å². The van der Waals surface area contributed by atoms with Crippen molar-refractivity contribution >= 4 is 34.3 Å². The smallest absolute Gasteiger partial charge is 0.412 e. The van der Waals surface area contributed by atoms with E-state index < -0.39 is 11.7 Å². The second-order valence-corrected chi connectivity index (χ2v) is 7.12. The van der Waals surface area contributed by atoms with Crippen LogP contribution in [-0.4, -0.2) is 16.7 Å². The largest absolute Gasteiger partial charge is 0.444 e. The number of ether oxygens (including phenoxy) is 1. The lowest BCUT2D eigenvalue weighted by Gasteiger charge is -2.19. The molecule has 0 saturated heterocycles. The summed E-state index contributed by atoms with van der Waals surface area (Å²) in [5.74, 6) is 0. The Balaban J connectivity index is 0.00000126. The Bertz CT molecular complexity index is 916. The normalized spacial score (nSPS) is 10.7. The van der Waals surface area contributed by atoms with Gasteiger partial charge in [0.15, 0.2) is 0 Å². The van der Waals surface area contributed by atoms with Crippen LogP contribution in [0.2, 0.25) is 5.02 Å². The van der Waals surface area contributed by atoms with Gasteiger partial charge < -0.3 is 4.74 Å². The van der Waals surface area contributed by atoms with E-state index in [9.17, 15) is 4.79 Å². The molecule has 0 fully saturated rings. The summed E-state index contributed by atoms with van der Waals surface area (Å²) in [6.45, 7) is 9.47. The number of hydrogen-bond acceptors (Lipinski definition) is 3. The van der Waals surface area contributed by atoms with Gasteiger partial charge >= 0.3 is 6.09 Å². The minimum absolute atomic E-state index is 0.480. The van der Waals surface area contributed by atoms with E-state index in [0.29, 0.717) is 10.7 Å². The van der Waals surface area contributed by atoms with Gasteiger partial charge in [-0.3, -0.25) is 5.32 Å². The van der Waals surface area contributed by atoms with Crippen LogP contribution in [0.15, 0.2) is 54.6 Å². The summed E-state index contributed by atoms with van der Waals surface area (Å²) < 4.78 is 5.24. The molecule has 5 heteroatoms. The van der Waals surface area contributed by atoms with Crippen molar-refractivity contribution in [1.29, 1.82) is 0 Å². The van der Waals surface area contributed by atoms with Crippen LogP contribution in [0.1, 0.15) is 34.6 Å². The Kier molecular flexibility index (Phi) is 6.81. The molecule has 0 spiro atoms. The van der Waals surface area contributed by atoms with Crippen LogP contribution >= 0.6 is 11.6 Å². The first kappa shape index (κ1) is 20.7. The fourth-order valence-electron chi connectivity index (χ4n) is 2.43. The monoisotopic (exact) mass is 384 g/mol. The highest BCUT2D eigenvalue weighted by Gasteiger charge is 2.16. The molecule has 27 heavy (non-hydrogen) atoms. The minimum Gasteiger partial charge on any atom is -0.444 e. The van der Waals surface area contributed by atoms with Crippen LogP contribution < -0.4 is 5.32 Å². The van der Waals surface area contributed by atoms with Crippen molar-refractivity contribution in [1.82, 2.24) is 4.98 Å². The highest BCUT2D eigenvalue weighted by Crippen LogP contribution is 2.28. The lowest BCUT2D eigenvalue weighted by atomic mass is 10.1. The molecule has 0 unspecified atom stereocenters. The molecule has 4 nitrogen and oxygen atoms in total. The van der Waals surface area contributed by atoms with E-state index in [-0.39, 0.29) is 0 Å². The first-order valence-corrected chi connectivity index (χ1v) is 9.35. The van der Waals surface area contributed by atoms with Gasteiger partial charge in [0.25, 0.3) is 0 Å². The zero-order valence-electron chi connectivity index (χ0n) is 16.3. The number of para-hydroxylation sites is 1. The molecule has 0 aliphatic rings. The van der Waals surface area contributed by atoms with Gasteiger partial charge in [-0.15, -0.1) is 0 Å². The van der Waals surface area contributed by atoms with Gasteiger partial charge in [0.1, 0.15) is 5.60 Å². The van der Waals surface area contributed by atoms with E-state index in [1.165, 1.54) is 0 Å². The lowest BCUT2D eigenvalue weighted by Crippen LogP contribution is -2.27. The van der Waals surface area contributed by atoms with Crippen molar-refractivity contribution in [2.75, 3.05) is 5.32 Å². The number of aromatic nitrogens is 1. The maximum Gasteiger partial charge on any atom is 0.412 e. The summed E-state index contributed by atoms with van der Waals surface area (Å²) in [5, 5.41) is 4.30. The number of nitrogens with one attached hydrogen (secondary N) is 1. The summed E-state index contributed by atoms with van der Waals surface area (Å²) in [6.07, 6.45) is -0.480. The van der Waals surface area contributed by atoms with E-state index in [1.54, 1.807) is 0 Å². The first-order valence-electron chi connectivity index (χ1n) is 8.97. The molecular weight excluding hydrogens is 360 g/mol. The number of carbonyl (C=O) groups is 1. The number of rotatable bonds is 2. The summed E-state index contributed by atoms with van der Waals surface area (Å²) in [5.41, 5.74) is 2.68. The number of carbonyl (C=O) groups excluding carboxylic acids is 1. The average Bonchev–Trinajstić information content (AvgIpc) is 2.62. The molecule has 3 aromatic rings. The summed E-state index contributed by atoms with van der Waals surface area (Å²) in [4.78, 5) is 16.5. The van der Waals surface area contributed by atoms with Crippen molar-refractivity contribution < 1.29 is 9.53 Å². The third-order valence-corrected chi connectivity index (χ3v) is 3.80. The number of amides is 1. The van der Waals surface area contributed by atoms with Gasteiger partial charge in [0.2, 0.25) is 0 Å². The molecular formula is C22H25ClN2O2. The summed E-state index contributed by atoms with van der Waals surface area (Å²) in [6, 6.07) is 17.0. The lowest BCUT2D eigenvalue weighted by molar-refractivity contribution is 0.0636. The van der Waals surface area contributed by atoms with Crippen molar-refractivity contribution in [2.24, 2.45) is 0 Å². The van der Waals surface area contributed by atoms with Crippen molar-refractivity contribution in [3.8, 4) is 11.3 Å². The van der Waals surface area contributed by atoms with E-state index >= 15 is 0 Å². The van der Waals surface area contributed by atoms with E-state index in [1.807, 2.05) is 89.2 Å². The van der Waals surface area contributed by atoms with Crippen molar-refractivity contribution in [3.05, 3.63) is 59.6 Å². The molecule has 0 saturated carbocycles. The highest BCUT2D eigenvalue weighted by molar-refractivity contribution is 6.35. The van der Waals surface area contributed by atoms with Crippen LogP contribution in [-0.2, 0) is 4.74 Å². The Morgan fingerprint density at radius 2 is 1.67 bits per heavy atom. The molecule has 0 atom stereocenters. The molecule has 1 heterocycles. The van der Waals surface area contributed by atoms with E-state index in [0.717, 1.165) is 22.2 Å². The van der Waals surface area contributed by atoms with E-state index in [4.69, 9.17) is 16.3 Å². The predicted octanol–water partition coefficient (Wildman–Crippen LogP) is 6.93. The molecule has 0 aliphatic heterocycles. The predicted molar refractivity (Wildman–Crippen MR) is 113 cm³/mol. The minimum atomic E-state index is -0.532. The third kappa shape index (κ3) is 5.69. The van der Waals surface area contributed by atoms with Gasteiger partial charge in [0, 0.05) is 16.6 Å². The highest BCUT2D eigenvalue weighted by atomic mass is 35.5. The molecule has 1 aromatic heterocycles. The number of benzene rings is 2. The zero-order valence-corrected chi connectivity index (χ0v) is 17.1. The Morgan fingerprint density at radius 3 is 2.30 bits per heavy atom. The second-order valence-electron chi connectivity index (χ2n) is 6.71. The number of anilines is 1. The van der Waals surface area contributed by atoms with E-state index in [2.05, 4.69) is 10.3 Å². The van der Waals surface area contributed by atoms with Gasteiger partial charge in [0.05, 0.1) is 16.2 Å². The maximum absolute atomic E-state index is 11.8. The number of nitrogens with zero attached hydrogens (tertiary/aromatic N) is 1. The van der Waals surface area contributed by atoms with Crippen LogP contribution in [0.5, 0.6) is 0 Å². The Hall–Kier alpha value is -2.59. The standard InChI is InChI=1S/C20H19ClN2O2.C2H6/c1-20(2,3)25-19(24)22-14-10-8-13(9-11-14)18-12-16(21)15-6-4-5-7-17(15)23-18;1-2/h4-12H,1-3H3,(H,22,24);1-2H3. The molecule has 1 amide bonds. The Labute approximate surface area is 165 Å². The molecule has 142 valence electrons. The number of hydrogen-bond donors (Lipinski definition) is 1. The molecule has 2 aromatic carbocycles. The quantitative estimate of drug-likeness (QED) is 0.521. The van der Waals surface area contributed by atoms with Crippen molar-refractivity contribution in [2.45, 2.75) is 40.2 Å². The van der Waals surface area contributed by atoms with Crippen LogP contribution in [0.3, 0.4) is 0 Å².